The first-order valence-electron chi connectivity index (χ1n) is 5.61. The van der Waals surface area contributed by atoms with Gasteiger partial charge < -0.3 is 4.74 Å². The number of hydrogen-bond donors (Lipinski definition) is 0. The van der Waals surface area contributed by atoms with Gasteiger partial charge in [-0.05, 0) is 25.1 Å². The van der Waals surface area contributed by atoms with Gasteiger partial charge in [0.25, 0.3) is 0 Å². The van der Waals surface area contributed by atoms with E-state index in [1.54, 1.807) is 24.4 Å². The second-order valence-electron chi connectivity index (χ2n) is 3.80. The van der Waals surface area contributed by atoms with Gasteiger partial charge in [0.05, 0.1) is 11.2 Å². The van der Waals surface area contributed by atoms with E-state index in [9.17, 15) is 4.79 Å². The van der Waals surface area contributed by atoms with E-state index in [1.807, 2.05) is 17.8 Å². The molecule has 1 aromatic heterocycles. The summed E-state index contributed by atoms with van der Waals surface area (Å²) in [5.74, 6) is 0.562. The van der Waals surface area contributed by atoms with Gasteiger partial charge in [0.15, 0.2) is 0 Å². The first-order valence-corrected chi connectivity index (χ1v) is 5.99. The van der Waals surface area contributed by atoms with E-state index in [4.69, 9.17) is 16.3 Å². The Hall–Kier alpha value is -1.81. The highest BCUT2D eigenvalue weighted by atomic mass is 35.5. The maximum Gasteiger partial charge on any atom is 0.150 e. The molecule has 1 heterocycles. The third-order valence-electron chi connectivity index (χ3n) is 2.50. The summed E-state index contributed by atoms with van der Waals surface area (Å²) >= 11 is 6.00. The van der Waals surface area contributed by atoms with Crippen molar-refractivity contribution in [1.82, 2.24) is 9.78 Å². The molecule has 0 aliphatic carbocycles. The quantitative estimate of drug-likeness (QED) is 0.780. The lowest BCUT2D eigenvalue weighted by molar-refractivity contribution is 0.112. The minimum Gasteiger partial charge on any atom is -0.487 e. The van der Waals surface area contributed by atoms with Crippen LogP contribution < -0.4 is 4.74 Å². The SMILES string of the molecule is CCn1cc(COc2ccc(C=O)cc2Cl)cn1. The van der Waals surface area contributed by atoms with Crippen LogP contribution >= 0.6 is 11.6 Å². The summed E-state index contributed by atoms with van der Waals surface area (Å²) in [6.45, 7) is 3.25. The van der Waals surface area contributed by atoms with Crippen molar-refractivity contribution < 1.29 is 9.53 Å². The summed E-state index contributed by atoms with van der Waals surface area (Å²) in [5, 5.41) is 4.59. The molecule has 0 N–H and O–H groups in total. The lowest BCUT2D eigenvalue weighted by Gasteiger charge is -2.06. The summed E-state index contributed by atoms with van der Waals surface area (Å²) in [5.41, 5.74) is 1.51. The van der Waals surface area contributed by atoms with Crippen molar-refractivity contribution in [1.29, 1.82) is 0 Å². The Morgan fingerprint density at radius 2 is 2.33 bits per heavy atom. The molecule has 0 radical (unpaired) electrons. The smallest absolute Gasteiger partial charge is 0.150 e. The molecule has 4 nitrogen and oxygen atoms in total. The Balaban J connectivity index is 2.03. The lowest BCUT2D eigenvalue weighted by atomic mass is 10.2. The zero-order valence-corrected chi connectivity index (χ0v) is 10.7. The standard InChI is InChI=1S/C13H13ClN2O2/c1-2-16-7-11(6-15-16)9-18-13-4-3-10(8-17)5-12(13)14/h3-8H,2,9H2,1H3. The van der Waals surface area contributed by atoms with Gasteiger partial charge in [-0.2, -0.15) is 5.10 Å². The molecule has 0 spiro atoms. The van der Waals surface area contributed by atoms with Crippen LogP contribution in [-0.4, -0.2) is 16.1 Å². The van der Waals surface area contributed by atoms with Gasteiger partial charge in [0, 0.05) is 23.9 Å². The third kappa shape index (κ3) is 2.90. The molecule has 0 saturated carbocycles. The van der Waals surface area contributed by atoms with Crippen molar-refractivity contribution in [3.05, 3.63) is 46.7 Å². The summed E-state index contributed by atoms with van der Waals surface area (Å²) in [4.78, 5) is 10.6. The van der Waals surface area contributed by atoms with Crippen LogP contribution in [-0.2, 0) is 13.2 Å². The molecule has 0 amide bonds. The van der Waals surface area contributed by atoms with Gasteiger partial charge >= 0.3 is 0 Å². The number of carbonyl (C=O) groups is 1. The zero-order chi connectivity index (χ0) is 13.0. The lowest BCUT2D eigenvalue weighted by Crippen LogP contribution is -1.96. The Morgan fingerprint density at radius 1 is 1.50 bits per heavy atom. The monoisotopic (exact) mass is 264 g/mol. The first kappa shape index (κ1) is 12.6. The number of aromatic nitrogens is 2. The number of nitrogens with zero attached hydrogens (tertiary/aromatic N) is 2. The van der Waals surface area contributed by atoms with E-state index in [1.165, 1.54) is 0 Å². The van der Waals surface area contributed by atoms with Gasteiger partial charge in [-0.25, -0.2) is 0 Å². The van der Waals surface area contributed by atoms with Gasteiger partial charge in [0.1, 0.15) is 18.6 Å². The van der Waals surface area contributed by atoms with Crippen molar-refractivity contribution in [2.45, 2.75) is 20.1 Å². The summed E-state index contributed by atoms with van der Waals surface area (Å²) in [6.07, 6.45) is 4.44. The van der Waals surface area contributed by atoms with Gasteiger partial charge in [-0.1, -0.05) is 11.6 Å². The Labute approximate surface area is 110 Å². The molecule has 2 rings (SSSR count). The predicted octanol–water partition coefficient (Wildman–Crippen LogP) is 2.95. The van der Waals surface area contributed by atoms with Crippen LogP contribution in [0.4, 0.5) is 0 Å². The summed E-state index contributed by atoms with van der Waals surface area (Å²) in [7, 11) is 0. The molecule has 0 atom stereocenters. The van der Waals surface area contributed by atoms with Gasteiger partial charge in [-0.3, -0.25) is 9.48 Å². The zero-order valence-electron chi connectivity index (χ0n) is 9.97. The Morgan fingerprint density at radius 3 is 2.94 bits per heavy atom. The van der Waals surface area contributed by atoms with Gasteiger partial charge in [0.2, 0.25) is 0 Å². The fraction of sp³-hybridized carbons (Fsp3) is 0.231. The molecule has 18 heavy (non-hydrogen) atoms. The molecule has 0 fully saturated rings. The number of aryl methyl sites for hydroxylation is 1. The number of aldehydes is 1. The normalized spacial score (nSPS) is 10.3. The largest absolute Gasteiger partial charge is 0.487 e. The van der Waals surface area contributed by atoms with Crippen LogP contribution in [0.15, 0.2) is 30.6 Å². The molecule has 1 aromatic carbocycles. The molecule has 0 bridgehead atoms. The van der Waals surface area contributed by atoms with Crippen molar-refractivity contribution >= 4 is 17.9 Å². The van der Waals surface area contributed by atoms with E-state index >= 15 is 0 Å². The molecule has 5 heteroatoms. The fourth-order valence-corrected chi connectivity index (χ4v) is 1.77. The number of halogens is 1. The van der Waals surface area contributed by atoms with Crippen molar-refractivity contribution in [3.63, 3.8) is 0 Å². The molecule has 0 aliphatic heterocycles. The summed E-state index contributed by atoms with van der Waals surface area (Å²) < 4.78 is 7.41. The first-order chi connectivity index (χ1) is 8.72. The molecule has 94 valence electrons. The third-order valence-corrected chi connectivity index (χ3v) is 2.79. The molecule has 0 unspecified atom stereocenters. The average molecular weight is 265 g/mol. The van der Waals surface area contributed by atoms with Crippen LogP contribution in [0.2, 0.25) is 5.02 Å². The van der Waals surface area contributed by atoms with Gasteiger partial charge in [-0.15, -0.1) is 0 Å². The van der Waals surface area contributed by atoms with Crippen LogP contribution in [0, 0.1) is 0 Å². The number of benzene rings is 1. The van der Waals surface area contributed by atoms with E-state index in [0.717, 1.165) is 18.4 Å². The van der Waals surface area contributed by atoms with Crippen molar-refractivity contribution in [3.8, 4) is 5.75 Å². The number of carbonyl (C=O) groups excluding carboxylic acids is 1. The Kier molecular flexibility index (Phi) is 3.99. The highest BCUT2D eigenvalue weighted by Gasteiger charge is 2.04. The van der Waals surface area contributed by atoms with Crippen molar-refractivity contribution in [2.75, 3.05) is 0 Å². The highest BCUT2D eigenvalue weighted by molar-refractivity contribution is 6.32. The maximum atomic E-state index is 10.6. The average Bonchev–Trinajstić information content (AvgIpc) is 2.85. The molecule has 0 saturated heterocycles. The maximum absolute atomic E-state index is 10.6. The topological polar surface area (TPSA) is 44.1 Å². The van der Waals surface area contributed by atoms with Crippen LogP contribution in [0.3, 0.4) is 0 Å². The minimum absolute atomic E-state index is 0.403. The van der Waals surface area contributed by atoms with E-state index in [-0.39, 0.29) is 0 Å². The number of hydrogen-bond acceptors (Lipinski definition) is 3. The fourth-order valence-electron chi connectivity index (χ4n) is 1.52. The minimum atomic E-state index is 0.403. The highest BCUT2D eigenvalue weighted by Crippen LogP contribution is 2.25. The molecular formula is C13H13ClN2O2. The van der Waals surface area contributed by atoms with Crippen molar-refractivity contribution in [2.24, 2.45) is 0 Å². The van der Waals surface area contributed by atoms with Crippen LogP contribution in [0.5, 0.6) is 5.75 Å². The molecular weight excluding hydrogens is 252 g/mol. The molecule has 2 aromatic rings. The van der Waals surface area contributed by atoms with Crippen LogP contribution in [0.25, 0.3) is 0 Å². The number of ether oxygens (including phenoxy) is 1. The molecule has 0 aliphatic rings. The summed E-state index contributed by atoms with van der Waals surface area (Å²) in [6, 6.07) is 4.94. The Bertz CT molecular complexity index is 552. The van der Waals surface area contributed by atoms with E-state index in [2.05, 4.69) is 5.10 Å². The second kappa shape index (κ2) is 5.69. The predicted molar refractivity (Wildman–Crippen MR) is 69.1 cm³/mol. The second-order valence-corrected chi connectivity index (χ2v) is 4.21. The number of rotatable bonds is 5. The van der Waals surface area contributed by atoms with Crippen LogP contribution in [0.1, 0.15) is 22.8 Å². The van der Waals surface area contributed by atoms with E-state index < -0.39 is 0 Å². The van der Waals surface area contributed by atoms with E-state index in [0.29, 0.717) is 22.9 Å².